The number of aryl methyl sites for hydroxylation is 1. The van der Waals surface area contributed by atoms with Gasteiger partial charge >= 0.3 is 0 Å². The zero-order valence-corrected chi connectivity index (χ0v) is 13.4. The van der Waals surface area contributed by atoms with Crippen molar-refractivity contribution in [1.29, 1.82) is 0 Å². The first kappa shape index (κ1) is 15.1. The Bertz CT molecular complexity index is 461. The minimum absolute atomic E-state index is 0.295. The van der Waals surface area contributed by atoms with Gasteiger partial charge in [0.2, 0.25) is 5.88 Å². The van der Waals surface area contributed by atoms with Gasteiger partial charge in [0.15, 0.2) is 0 Å². The van der Waals surface area contributed by atoms with E-state index in [-0.39, 0.29) is 0 Å². The molecule has 0 aliphatic heterocycles. The van der Waals surface area contributed by atoms with Crippen LogP contribution < -0.4 is 10.1 Å². The van der Waals surface area contributed by atoms with E-state index in [1.54, 1.807) is 0 Å². The summed E-state index contributed by atoms with van der Waals surface area (Å²) in [5, 5.41) is 3.28. The zero-order valence-electron chi connectivity index (χ0n) is 13.4. The van der Waals surface area contributed by atoms with Gasteiger partial charge in [0.25, 0.3) is 0 Å². The summed E-state index contributed by atoms with van der Waals surface area (Å²) in [5.41, 5.74) is 1.02. The normalized spacial score (nSPS) is 26.4. The molecule has 3 unspecified atom stereocenters. The Hall–Kier alpha value is -1.32. The fraction of sp³-hybridized carbons (Fsp3) is 0.750. The molecule has 0 spiro atoms. The quantitative estimate of drug-likeness (QED) is 0.911. The van der Waals surface area contributed by atoms with E-state index in [1.807, 2.05) is 13.8 Å². The van der Waals surface area contributed by atoms with Crippen LogP contribution in [0.2, 0.25) is 0 Å². The predicted molar refractivity (Wildman–Crippen MR) is 82.3 cm³/mol. The SMILES string of the molecule is CCNc1nc(C)nc(OC2CCC(C)C(C)C2)c1C. The van der Waals surface area contributed by atoms with Gasteiger partial charge in [0, 0.05) is 6.54 Å². The van der Waals surface area contributed by atoms with Gasteiger partial charge in [0.05, 0.1) is 5.56 Å². The van der Waals surface area contributed by atoms with Gasteiger partial charge in [-0.25, -0.2) is 4.98 Å². The maximum Gasteiger partial charge on any atom is 0.222 e. The van der Waals surface area contributed by atoms with E-state index in [0.29, 0.717) is 6.10 Å². The molecule has 1 saturated carbocycles. The Morgan fingerprint density at radius 1 is 1.15 bits per heavy atom. The summed E-state index contributed by atoms with van der Waals surface area (Å²) in [5.74, 6) is 3.94. The van der Waals surface area contributed by atoms with Crippen LogP contribution >= 0.6 is 0 Å². The van der Waals surface area contributed by atoms with Crippen molar-refractivity contribution < 1.29 is 4.74 Å². The highest BCUT2D eigenvalue weighted by atomic mass is 16.5. The van der Waals surface area contributed by atoms with E-state index >= 15 is 0 Å². The van der Waals surface area contributed by atoms with Crippen LogP contribution in [-0.4, -0.2) is 22.6 Å². The topological polar surface area (TPSA) is 47.0 Å². The van der Waals surface area contributed by atoms with Crippen LogP contribution in [0.5, 0.6) is 5.88 Å². The highest BCUT2D eigenvalue weighted by Crippen LogP contribution is 2.32. The average Bonchev–Trinajstić information content (AvgIpc) is 2.39. The molecule has 1 fully saturated rings. The van der Waals surface area contributed by atoms with Crippen LogP contribution in [0.3, 0.4) is 0 Å². The second kappa shape index (κ2) is 6.42. The van der Waals surface area contributed by atoms with Gasteiger partial charge in [-0.3, -0.25) is 0 Å². The van der Waals surface area contributed by atoms with Gasteiger partial charge in [-0.05, 0) is 51.9 Å². The van der Waals surface area contributed by atoms with Crippen LogP contribution in [0.4, 0.5) is 5.82 Å². The molecular formula is C16H27N3O. The second-order valence-electron chi connectivity index (χ2n) is 6.09. The first-order valence-corrected chi connectivity index (χ1v) is 7.77. The lowest BCUT2D eigenvalue weighted by Gasteiger charge is -2.32. The van der Waals surface area contributed by atoms with Gasteiger partial charge in [-0.1, -0.05) is 13.8 Å². The molecule has 1 aliphatic carbocycles. The highest BCUT2D eigenvalue weighted by Gasteiger charge is 2.26. The molecule has 1 aliphatic rings. The molecule has 1 aromatic heterocycles. The molecule has 0 radical (unpaired) electrons. The smallest absolute Gasteiger partial charge is 0.222 e. The standard InChI is InChI=1S/C16H27N3O/c1-6-17-15-12(4)16(19-13(5)18-15)20-14-8-7-10(2)11(3)9-14/h10-11,14H,6-9H2,1-5H3,(H,17,18,19). The van der Waals surface area contributed by atoms with Crippen molar-refractivity contribution in [2.24, 2.45) is 11.8 Å². The van der Waals surface area contributed by atoms with E-state index in [9.17, 15) is 0 Å². The number of aromatic nitrogens is 2. The van der Waals surface area contributed by atoms with Crippen molar-refractivity contribution in [3.05, 3.63) is 11.4 Å². The van der Waals surface area contributed by atoms with Gasteiger partial charge < -0.3 is 10.1 Å². The number of ether oxygens (including phenoxy) is 1. The van der Waals surface area contributed by atoms with Crippen molar-refractivity contribution in [2.75, 3.05) is 11.9 Å². The lowest BCUT2D eigenvalue weighted by atomic mass is 9.80. The van der Waals surface area contributed by atoms with Crippen LogP contribution in [0.1, 0.15) is 51.4 Å². The summed E-state index contributed by atoms with van der Waals surface area (Å²) in [4.78, 5) is 8.92. The largest absolute Gasteiger partial charge is 0.474 e. The van der Waals surface area contributed by atoms with Crippen molar-refractivity contribution in [3.8, 4) is 5.88 Å². The molecule has 1 heterocycles. The molecule has 0 bridgehead atoms. The first-order chi connectivity index (χ1) is 9.51. The lowest BCUT2D eigenvalue weighted by molar-refractivity contribution is 0.0955. The molecular weight excluding hydrogens is 250 g/mol. The maximum absolute atomic E-state index is 6.18. The van der Waals surface area contributed by atoms with E-state index in [4.69, 9.17) is 4.74 Å². The monoisotopic (exact) mass is 277 g/mol. The van der Waals surface area contributed by atoms with E-state index in [0.717, 1.165) is 54.3 Å². The molecule has 4 heteroatoms. The summed E-state index contributed by atoms with van der Waals surface area (Å²) in [6.45, 7) is 11.5. The Morgan fingerprint density at radius 3 is 2.55 bits per heavy atom. The molecule has 4 nitrogen and oxygen atoms in total. The third-order valence-electron chi connectivity index (χ3n) is 4.39. The number of anilines is 1. The summed E-state index contributed by atoms with van der Waals surface area (Å²) in [7, 11) is 0. The fourth-order valence-electron chi connectivity index (χ4n) is 2.82. The molecule has 0 saturated heterocycles. The molecule has 2 rings (SSSR count). The lowest BCUT2D eigenvalue weighted by Crippen LogP contribution is -2.29. The Labute approximate surface area is 122 Å². The highest BCUT2D eigenvalue weighted by molar-refractivity contribution is 5.48. The minimum Gasteiger partial charge on any atom is -0.474 e. The van der Waals surface area contributed by atoms with Crippen LogP contribution in [0.15, 0.2) is 0 Å². The van der Waals surface area contributed by atoms with Crippen molar-refractivity contribution in [1.82, 2.24) is 9.97 Å². The summed E-state index contributed by atoms with van der Waals surface area (Å²) in [6, 6.07) is 0. The van der Waals surface area contributed by atoms with E-state index in [2.05, 4.69) is 36.1 Å². The molecule has 1 aromatic rings. The van der Waals surface area contributed by atoms with E-state index < -0.39 is 0 Å². The molecule has 0 aromatic carbocycles. The predicted octanol–water partition coefficient (Wildman–Crippen LogP) is 3.73. The molecule has 0 amide bonds. The van der Waals surface area contributed by atoms with E-state index in [1.165, 1.54) is 6.42 Å². The number of nitrogens with one attached hydrogen (secondary N) is 1. The van der Waals surface area contributed by atoms with Gasteiger partial charge in [-0.2, -0.15) is 4.98 Å². The molecule has 3 atom stereocenters. The van der Waals surface area contributed by atoms with Crippen LogP contribution in [-0.2, 0) is 0 Å². The zero-order chi connectivity index (χ0) is 14.7. The average molecular weight is 277 g/mol. The number of hydrogen-bond acceptors (Lipinski definition) is 4. The molecule has 1 N–H and O–H groups in total. The van der Waals surface area contributed by atoms with Crippen molar-refractivity contribution in [3.63, 3.8) is 0 Å². The van der Waals surface area contributed by atoms with Gasteiger partial charge in [-0.15, -0.1) is 0 Å². The number of rotatable bonds is 4. The maximum atomic E-state index is 6.18. The third-order valence-corrected chi connectivity index (χ3v) is 4.39. The first-order valence-electron chi connectivity index (χ1n) is 7.77. The molecule has 20 heavy (non-hydrogen) atoms. The Kier molecular flexibility index (Phi) is 4.84. The fourth-order valence-corrected chi connectivity index (χ4v) is 2.82. The number of nitrogens with zero attached hydrogens (tertiary/aromatic N) is 2. The Balaban J connectivity index is 2.13. The van der Waals surface area contributed by atoms with Gasteiger partial charge in [0.1, 0.15) is 17.7 Å². The van der Waals surface area contributed by atoms with Crippen molar-refractivity contribution >= 4 is 5.82 Å². The second-order valence-corrected chi connectivity index (χ2v) is 6.09. The summed E-state index contributed by atoms with van der Waals surface area (Å²) in [6.07, 6.45) is 3.79. The summed E-state index contributed by atoms with van der Waals surface area (Å²) < 4.78 is 6.18. The van der Waals surface area contributed by atoms with Crippen LogP contribution in [0.25, 0.3) is 0 Å². The summed E-state index contributed by atoms with van der Waals surface area (Å²) >= 11 is 0. The number of hydrogen-bond donors (Lipinski definition) is 1. The minimum atomic E-state index is 0.295. The Morgan fingerprint density at radius 2 is 1.90 bits per heavy atom. The molecule has 112 valence electrons. The van der Waals surface area contributed by atoms with Crippen molar-refractivity contribution in [2.45, 2.75) is 60.0 Å². The third kappa shape index (κ3) is 3.41. The van der Waals surface area contributed by atoms with Crippen LogP contribution in [0, 0.1) is 25.7 Å².